The second-order valence-electron chi connectivity index (χ2n) is 5.04. The fourth-order valence-corrected chi connectivity index (χ4v) is 3.15. The molecule has 0 aliphatic carbocycles. The molecule has 0 aromatic heterocycles. The van der Waals surface area contributed by atoms with Crippen LogP contribution in [0.15, 0.2) is 0 Å². The van der Waals surface area contributed by atoms with E-state index in [1.54, 1.807) is 0 Å². The van der Waals surface area contributed by atoms with Gasteiger partial charge in [0, 0.05) is 6.61 Å². The van der Waals surface area contributed by atoms with Crippen LogP contribution in [0, 0.1) is 0 Å². The van der Waals surface area contributed by atoms with Gasteiger partial charge in [-0.25, -0.2) is 0 Å². The maximum atomic E-state index is 11.8. The third-order valence-corrected chi connectivity index (χ3v) is 4.15. The summed E-state index contributed by atoms with van der Waals surface area (Å²) < 4.78 is 10.8. The monoisotopic (exact) mass is 241 g/mol. The van der Waals surface area contributed by atoms with E-state index >= 15 is 0 Å². The largest absolute Gasteiger partial charge is 0.466 e. The van der Waals surface area contributed by atoms with Crippen LogP contribution in [0.25, 0.3) is 0 Å². The van der Waals surface area contributed by atoms with E-state index in [9.17, 15) is 4.79 Å². The van der Waals surface area contributed by atoms with Crippen LogP contribution in [-0.2, 0) is 14.3 Å². The maximum absolute atomic E-state index is 11.8. The smallest absolute Gasteiger partial charge is 0.307 e. The van der Waals surface area contributed by atoms with Crippen LogP contribution >= 0.6 is 0 Å². The zero-order chi connectivity index (χ0) is 12.3. The number of carbonyl (C=O) groups is 1. The van der Waals surface area contributed by atoms with Gasteiger partial charge in [-0.15, -0.1) is 0 Å². The third-order valence-electron chi connectivity index (χ3n) is 4.15. The Morgan fingerprint density at radius 2 is 2.18 bits per heavy atom. The van der Waals surface area contributed by atoms with Crippen molar-refractivity contribution in [3.8, 4) is 0 Å². The highest BCUT2D eigenvalue weighted by atomic mass is 16.5. The molecule has 2 atom stereocenters. The summed E-state index contributed by atoms with van der Waals surface area (Å²) in [4.78, 5) is 14.2. The molecule has 0 bridgehead atoms. The van der Waals surface area contributed by atoms with E-state index in [2.05, 4.69) is 11.8 Å². The molecule has 4 heteroatoms. The number of nitrogens with zero attached hydrogens (tertiary/aromatic N) is 1. The standard InChI is InChI=1S/C13H23NO3/c1-3-16-12(15)10-13(6-9-17-11(13)2)14-7-4-5-8-14/h11H,3-10H2,1-2H3. The number of hydrogen-bond donors (Lipinski definition) is 0. The number of esters is 1. The molecule has 0 aromatic rings. The average molecular weight is 241 g/mol. The predicted octanol–water partition coefficient (Wildman–Crippen LogP) is 1.58. The Kier molecular flexibility index (Phi) is 4.05. The van der Waals surface area contributed by atoms with Crippen LogP contribution in [0.3, 0.4) is 0 Å². The molecule has 2 aliphatic heterocycles. The molecule has 0 radical (unpaired) electrons. The van der Waals surface area contributed by atoms with Crippen molar-refractivity contribution in [1.82, 2.24) is 4.90 Å². The number of carbonyl (C=O) groups excluding carboxylic acids is 1. The lowest BCUT2D eigenvalue weighted by atomic mass is 9.86. The Bertz CT molecular complexity index is 276. The second kappa shape index (κ2) is 5.36. The van der Waals surface area contributed by atoms with Gasteiger partial charge in [-0.05, 0) is 46.2 Å². The quantitative estimate of drug-likeness (QED) is 0.701. The number of likely N-dealkylation sites (tertiary alicyclic amines) is 1. The fraction of sp³-hybridized carbons (Fsp3) is 0.923. The van der Waals surface area contributed by atoms with Gasteiger partial charge in [0.15, 0.2) is 0 Å². The SMILES string of the molecule is CCOC(=O)CC1(N2CCCC2)CCOC1C. The van der Waals surface area contributed by atoms with Crippen LogP contribution in [0.1, 0.15) is 39.5 Å². The summed E-state index contributed by atoms with van der Waals surface area (Å²) >= 11 is 0. The van der Waals surface area contributed by atoms with Gasteiger partial charge in [0.2, 0.25) is 0 Å². The Hall–Kier alpha value is -0.610. The Balaban J connectivity index is 2.09. The number of ether oxygens (including phenoxy) is 2. The lowest BCUT2D eigenvalue weighted by Crippen LogP contribution is -2.53. The molecule has 0 saturated carbocycles. The van der Waals surface area contributed by atoms with E-state index in [1.807, 2.05) is 6.92 Å². The molecule has 4 nitrogen and oxygen atoms in total. The summed E-state index contributed by atoms with van der Waals surface area (Å²) in [5.74, 6) is -0.0863. The highest BCUT2D eigenvalue weighted by Gasteiger charge is 2.48. The highest BCUT2D eigenvalue weighted by Crippen LogP contribution is 2.37. The van der Waals surface area contributed by atoms with Gasteiger partial charge < -0.3 is 9.47 Å². The molecule has 2 fully saturated rings. The lowest BCUT2D eigenvalue weighted by molar-refractivity contribution is -0.147. The van der Waals surface area contributed by atoms with Crippen LogP contribution in [0.5, 0.6) is 0 Å². The highest BCUT2D eigenvalue weighted by molar-refractivity contribution is 5.71. The topological polar surface area (TPSA) is 38.8 Å². The molecular weight excluding hydrogens is 218 g/mol. The Morgan fingerprint density at radius 3 is 2.71 bits per heavy atom. The lowest BCUT2D eigenvalue weighted by Gasteiger charge is -2.40. The molecule has 2 unspecified atom stereocenters. The molecule has 0 N–H and O–H groups in total. The fourth-order valence-electron chi connectivity index (χ4n) is 3.15. The summed E-state index contributed by atoms with van der Waals surface area (Å²) in [6.07, 6.45) is 4.02. The van der Waals surface area contributed by atoms with E-state index in [4.69, 9.17) is 9.47 Å². The predicted molar refractivity (Wildman–Crippen MR) is 64.8 cm³/mol. The minimum absolute atomic E-state index is 0.0863. The number of hydrogen-bond acceptors (Lipinski definition) is 4. The van der Waals surface area contributed by atoms with Crippen LogP contribution < -0.4 is 0 Å². The summed E-state index contributed by atoms with van der Waals surface area (Å²) in [7, 11) is 0. The summed E-state index contributed by atoms with van der Waals surface area (Å²) in [6.45, 7) is 7.35. The zero-order valence-corrected chi connectivity index (χ0v) is 10.9. The first-order valence-corrected chi connectivity index (χ1v) is 6.71. The molecule has 2 rings (SSSR count). The Labute approximate surface area is 103 Å². The first-order chi connectivity index (χ1) is 8.19. The van der Waals surface area contributed by atoms with Crippen molar-refractivity contribution in [3.63, 3.8) is 0 Å². The molecular formula is C13H23NO3. The van der Waals surface area contributed by atoms with Gasteiger partial charge in [0.05, 0.1) is 24.7 Å². The van der Waals surface area contributed by atoms with E-state index in [0.717, 1.165) is 26.1 Å². The van der Waals surface area contributed by atoms with Crippen molar-refractivity contribution >= 4 is 5.97 Å². The van der Waals surface area contributed by atoms with Gasteiger partial charge in [-0.2, -0.15) is 0 Å². The van der Waals surface area contributed by atoms with Gasteiger partial charge in [-0.3, -0.25) is 9.69 Å². The summed E-state index contributed by atoms with van der Waals surface area (Å²) in [6, 6.07) is 0. The normalized spacial score (nSPS) is 34.1. The van der Waals surface area contributed by atoms with Crippen molar-refractivity contribution in [3.05, 3.63) is 0 Å². The van der Waals surface area contributed by atoms with Gasteiger partial charge in [0.25, 0.3) is 0 Å². The zero-order valence-electron chi connectivity index (χ0n) is 10.9. The van der Waals surface area contributed by atoms with Crippen molar-refractivity contribution in [2.24, 2.45) is 0 Å². The van der Waals surface area contributed by atoms with E-state index in [-0.39, 0.29) is 17.6 Å². The molecule has 0 aromatic carbocycles. The number of rotatable bonds is 4. The first-order valence-electron chi connectivity index (χ1n) is 6.71. The van der Waals surface area contributed by atoms with E-state index < -0.39 is 0 Å². The van der Waals surface area contributed by atoms with Crippen molar-refractivity contribution in [2.45, 2.75) is 51.2 Å². The molecule has 98 valence electrons. The first kappa shape index (κ1) is 12.8. The molecule has 2 saturated heterocycles. The van der Waals surface area contributed by atoms with E-state index in [1.165, 1.54) is 12.8 Å². The molecule has 0 spiro atoms. The van der Waals surface area contributed by atoms with Crippen molar-refractivity contribution in [1.29, 1.82) is 0 Å². The van der Waals surface area contributed by atoms with Crippen molar-refractivity contribution < 1.29 is 14.3 Å². The summed E-state index contributed by atoms with van der Waals surface area (Å²) in [5.41, 5.74) is -0.108. The second-order valence-corrected chi connectivity index (χ2v) is 5.04. The van der Waals surface area contributed by atoms with Gasteiger partial charge >= 0.3 is 5.97 Å². The average Bonchev–Trinajstić information content (AvgIpc) is 2.90. The van der Waals surface area contributed by atoms with Crippen LogP contribution in [-0.4, -0.2) is 48.8 Å². The Morgan fingerprint density at radius 1 is 1.47 bits per heavy atom. The molecule has 2 heterocycles. The van der Waals surface area contributed by atoms with Crippen molar-refractivity contribution in [2.75, 3.05) is 26.3 Å². The molecule has 2 aliphatic rings. The summed E-state index contributed by atoms with van der Waals surface area (Å²) in [5, 5.41) is 0. The third kappa shape index (κ3) is 2.47. The van der Waals surface area contributed by atoms with Gasteiger partial charge in [-0.1, -0.05) is 0 Å². The van der Waals surface area contributed by atoms with Crippen LogP contribution in [0.4, 0.5) is 0 Å². The minimum atomic E-state index is -0.108. The van der Waals surface area contributed by atoms with Gasteiger partial charge in [0.1, 0.15) is 0 Å². The van der Waals surface area contributed by atoms with Crippen LogP contribution in [0.2, 0.25) is 0 Å². The minimum Gasteiger partial charge on any atom is -0.466 e. The van der Waals surface area contributed by atoms with E-state index in [0.29, 0.717) is 13.0 Å². The molecule has 0 amide bonds. The maximum Gasteiger partial charge on any atom is 0.307 e. The molecule has 17 heavy (non-hydrogen) atoms.